The van der Waals surface area contributed by atoms with Gasteiger partial charge in [0.25, 0.3) is 6.47 Å². The number of hydrogen-bond acceptors (Lipinski definition) is 7. The Hall–Kier alpha value is -3.10. The molecule has 8 nitrogen and oxygen atoms in total. The molecule has 4 rings (SSSR count). The Bertz CT molecular complexity index is 1110. The Kier molecular flexibility index (Phi) is 6.11. The highest BCUT2D eigenvalue weighted by atomic mass is 35.5. The minimum Gasteiger partial charge on any atom is -0.428 e. The monoisotopic (exact) mass is 442 g/mol. The minimum absolute atomic E-state index is 0.251. The largest absolute Gasteiger partial charge is 0.428 e. The summed E-state index contributed by atoms with van der Waals surface area (Å²) in [5.74, 6) is 0.664. The maximum atomic E-state index is 13.4. The third-order valence-electron chi connectivity index (χ3n) is 5.28. The van der Waals surface area contributed by atoms with Crippen molar-refractivity contribution in [1.29, 1.82) is 0 Å². The lowest BCUT2D eigenvalue weighted by atomic mass is 10.2. The molecule has 0 spiro atoms. The van der Waals surface area contributed by atoms with E-state index in [0.717, 1.165) is 36.8 Å². The second-order valence-electron chi connectivity index (χ2n) is 7.40. The van der Waals surface area contributed by atoms with E-state index >= 15 is 0 Å². The highest BCUT2D eigenvalue weighted by molar-refractivity contribution is 6.31. The Labute approximate surface area is 184 Å². The van der Waals surface area contributed by atoms with E-state index in [1.54, 1.807) is 18.2 Å². The first-order valence-electron chi connectivity index (χ1n) is 9.99. The van der Waals surface area contributed by atoms with Crippen LogP contribution < -0.4 is 15.5 Å². The summed E-state index contributed by atoms with van der Waals surface area (Å²) in [6, 6.07) is 12.9. The second-order valence-corrected chi connectivity index (χ2v) is 7.83. The highest BCUT2D eigenvalue weighted by Crippen LogP contribution is 2.36. The molecule has 0 radical (unpaired) electrons. The zero-order valence-corrected chi connectivity index (χ0v) is 18.1. The number of ether oxygens (including phenoxy) is 2. The number of amides is 1. The van der Waals surface area contributed by atoms with Crippen molar-refractivity contribution >= 4 is 41.4 Å². The topological polar surface area (TPSA) is 74.7 Å². The Morgan fingerprint density at radius 2 is 1.90 bits per heavy atom. The number of hydrogen-bond donors (Lipinski definition) is 0. The van der Waals surface area contributed by atoms with Crippen molar-refractivity contribution < 1.29 is 19.1 Å². The number of para-hydroxylation sites is 1. The minimum atomic E-state index is -1.04. The standard InChI is InChI=1S/C22H23ClN4O4/c1-15(30-14-28)31-22(29)27-20-13-16(23)7-8-19(20)24-18-6-4-3-5-17(18)21(27)26-11-9-25(2)10-12-26/h3-8,13-15H,9-12H2,1-2H3. The van der Waals surface area contributed by atoms with Crippen molar-refractivity contribution in [2.75, 3.05) is 38.1 Å². The second kappa shape index (κ2) is 8.95. The first-order valence-corrected chi connectivity index (χ1v) is 10.4. The van der Waals surface area contributed by atoms with Gasteiger partial charge in [-0.2, -0.15) is 0 Å². The molecule has 1 amide bonds. The molecule has 1 fully saturated rings. The zero-order valence-electron chi connectivity index (χ0n) is 17.3. The van der Waals surface area contributed by atoms with Gasteiger partial charge in [0.15, 0.2) is 0 Å². The fraction of sp³-hybridized carbons (Fsp3) is 0.318. The number of halogens is 1. The van der Waals surface area contributed by atoms with E-state index in [0.29, 0.717) is 22.2 Å². The van der Waals surface area contributed by atoms with Crippen molar-refractivity contribution in [2.45, 2.75) is 13.2 Å². The Morgan fingerprint density at radius 3 is 2.65 bits per heavy atom. The van der Waals surface area contributed by atoms with Crippen LogP contribution in [0.5, 0.6) is 0 Å². The van der Waals surface area contributed by atoms with Gasteiger partial charge in [-0.15, -0.1) is 0 Å². The third kappa shape index (κ3) is 4.35. The van der Waals surface area contributed by atoms with Crippen LogP contribution in [0, 0.1) is 0 Å². The fourth-order valence-corrected chi connectivity index (χ4v) is 3.88. The summed E-state index contributed by atoms with van der Waals surface area (Å²) in [5.41, 5.74) is 1.09. The number of rotatable bonds is 4. The van der Waals surface area contributed by atoms with Crippen LogP contribution in [-0.2, 0) is 14.3 Å². The Morgan fingerprint density at radius 1 is 1.16 bits per heavy atom. The van der Waals surface area contributed by atoms with Gasteiger partial charge in [0.05, 0.1) is 16.7 Å². The number of carbonyl (C=O) groups excluding carboxylic acids is 2. The molecule has 2 aromatic carbocycles. The molecule has 0 N–H and O–H groups in total. The number of carbonyl (C=O) groups is 2. The number of fused-ring (bicyclic) bond motifs is 2. The average Bonchev–Trinajstić information content (AvgIpc) is 2.88. The lowest BCUT2D eigenvalue weighted by Crippen LogP contribution is -2.51. The van der Waals surface area contributed by atoms with Crippen LogP contribution in [0.1, 0.15) is 6.92 Å². The molecule has 2 aliphatic heterocycles. The maximum absolute atomic E-state index is 13.4. The van der Waals surface area contributed by atoms with Crippen molar-refractivity contribution in [3.63, 3.8) is 0 Å². The summed E-state index contributed by atoms with van der Waals surface area (Å²) in [7, 11) is 2.07. The predicted molar refractivity (Wildman–Crippen MR) is 116 cm³/mol. The van der Waals surface area contributed by atoms with Crippen molar-refractivity contribution in [2.24, 2.45) is 4.99 Å². The molecular formula is C22H23ClN4O4. The van der Waals surface area contributed by atoms with E-state index in [1.165, 1.54) is 11.8 Å². The van der Waals surface area contributed by atoms with Gasteiger partial charge in [0, 0.05) is 43.3 Å². The van der Waals surface area contributed by atoms with Gasteiger partial charge in [-0.1, -0.05) is 23.7 Å². The fourth-order valence-electron chi connectivity index (χ4n) is 3.71. The summed E-state index contributed by atoms with van der Waals surface area (Å²) < 4.78 is 10.2. The summed E-state index contributed by atoms with van der Waals surface area (Å²) in [5, 5.41) is 2.01. The lowest BCUT2D eigenvalue weighted by Gasteiger charge is -2.39. The molecular weight excluding hydrogens is 420 g/mol. The number of anilines is 1. The molecule has 0 aromatic heterocycles. The van der Waals surface area contributed by atoms with Gasteiger partial charge < -0.3 is 19.3 Å². The Balaban J connectivity index is 1.93. The molecule has 2 aliphatic rings. The van der Waals surface area contributed by atoms with Crippen LogP contribution in [0.15, 0.2) is 47.5 Å². The molecule has 0 bridgehead atoms. The van der Waals surface area contributed by atoms with Crippen molar-refractivity contribution in [1.82, 2.24) is 9.80 Å². The third-order valence-corrected chi connectivity index (χ3v) is 5.51. The zero-order chi connectivity index (χ0) is 22.0. The van der Waals surface area contributed by atoms with Crippen LogP contribution in [0.2, 0.25) is 5.02 Å². The van der Waals surface area contributed by atoms with Crippen molar-refractivity contribution in [3.05, 3.63) is 58.1 Å². The number of benzene rings is 2. The molecule has 162 valence electrons. The number of nitrogens with zero attached hydrogens (tertiary/aromatic N) is 4. The van der Waals surface area contributed by atoms with E-state index in [2.05, 4.69) is 16.8 Å². The number of likely N-dealkylation sites (N-methyl/N-ethyl adjacent to an activating group) is 1. The van der Waals surface area contributed by atoms with E-state index in [4.69, 9.17) is 26.1 Å². The van der Waals surface area contributed by atoms with Crippen LogP contribution in [0.3, 0.4) is 0 Å². The van der Waals surface area contributed by atoms with Crippen molar-refractivity contribution in [3.8, 4) is 0 Å². The van der Waals surface area contributed by atoms with Crippen LogP contribution in [-0.4, -0.2) is 61.9 Å². The predicted octanol–water partition coefficient (Wildman–Crippen LogP) is 2.08. The maximum Gasteiger partial charge on any atom is 0.423 e. The van der Waals surface area contributed by atoms with Gasteiger partial charge in [-0.25, -0.2) is 14.7 Å². The van der Waals surface area contributed by atoms with Gasteiger partial charge in [-0.3, -0.25) is 4.79 Å². The van der Waals surface area contributed by atoms with Gasteiger partial charge in [0.2, 0.25) is 6.29 Å². The average molecular weight is 443 g/mol. The first kappa shape index (κ1) is 21.1. The normalized spacial score (nSPS) is 17.1. The smallest absolute Gasteiger partial charge is 0.423 e. The molecule has 1 atom stereocenters. The van der Waals surface area contributed by atoms with Gasteiger partial charge in [0.1, 0.15) is 5.82 Å². The molecule has 9 heteroatoms. The van der Waals surface area contributed by atoms with Crippen LogP contribution in [0.25, 0.3) is 5.82 Å². The van der Waals surface area contributed by atoms with E-state index in [9.17, 15) is 9.59 Å². The quantitative estimate of drug-likeness (QED) is 0.533. The molecule has 0 aliphatic carbocycles. The molecule has 1 unspecified atom stereocenters. The van der Waals surface area contributed by atoms with Crippen LogP contribution >= 0.6 is 11.6 Å². The van der Waals surface area contributed by atoms with E-state index in [-0.39, 0.29) is 6.47 Å². The van der Waals surface area contributed by atoms with Gasteiger partial charge >= 0.3 is 6.09 Å². The van der Waals surface area contributed by atoms with E-state index in [1.807, 2.05) is 24.3 Å². The number of piperazine rings is 1. The van der Waals surface area contributed by atoms with E-state index < -0.39 is 12.4 Å². The SMILES string of the molecule is CC(OC=O)OC(=O)N1C(N2CCN(C)CC2)=c2ccccc2=Nc2ccc(Cl)cc21. The summed E-state index contributed by atoms with van der Waals surface area (Å²) >= 11 is 6.30. The molecule has 2 aromatic rings. The van der Waals surface area contributed by atoms with Crippen LogP contribution in [0.4, 0.5) is 16.2 Å². The summed E-state index contributed by atoms with van der Waals surface area (Å²) in [6.07, 6.45) is -1.73. The lowest BCUT2D eigenvalue weighted by molar-refractivity contribution is -0.148. The molecule has 31 heavy (non-hydrogen) atoms. The summed E-state index contributed by atoms with van der Waals surface area (Å²) in [4.78, 5) is 34.8. The van der Waals surface area contributed by atoms with Gasteiger partial charge in [-0.05, 0) is 37.4 Å². The first-order chi connectivity index (χ1) is 15.0. The molecule has 0 saturated carbocycles. The molecule has 1 saturated heterocycles. The summed E-state index contributed by atoms with van der Waals surface area (Å²) in [6.45, 7) is 4.87. The molecule has 2 heterocycles. The highest BCUT2D eigenvalue weighted by Gasteiger charge is 2.32.